The third-order valence-corrected chi connectivity index (χ3v) is 7.80. The second-order valence-corrected chi connectivity index (χ2v) is 10.5. The number of hydrogen-bond acceptors (Lipinski definition) is 6. The van der Waals surface area contributed by atoms with Gasteiger partial charge >= 0.3 is 6.18 Å². The largest absolute Gasteiger partial charge is 0.393 e. The van der Waals surface area contributed by atoms with Crippen molar-refractivity contribution in [1.29, 1.82) is 0 Å². The van der Waals surface area contributed by atoms with Crippen LogP contribution < -0.4 is 16.0 Å². The summed E-state index contributed by atoms with van der Waals surface area (Å²) in [5.74, 6) is -2.40. The second-order valence-electron chi connectivity index (χ2n) is 10.5. The van der Waals surface area contributed by atoms with Crippen LogP contribution in [0, 0.1) is 11.8 Å². The van der Waals surface area contributed by atoms with E-state index >= 15 is 0 Å². The van der Waals surface area contributed by atoms with Crippen LogP contribution in [0.3, 0.4) is 0 Å². The van der Waals surface area contributed by atoms with Gasteiger partial charge < -0.3 is 16.0 Å². The maximum atomic E-state index is 13.4. The summed E-state index contributed by atoms with van der Waals surface area (Å²) >= 11 is 0. The number of piperidine rings is 1. The van der Waals surface area contributed by atoms with E-state index in [4.69, 9.17) is 4.98 Å². The maximum Gasteiger partial charge on any atom is 0.393 e. The Balaban J connectivity index is 0.00000370. The predicted molar refractivity (Wildman–Crippen MR) is 143 cm³/mol. The third kappa shape index (κ3) is 6.57. The first-order valence-electron chi connectivity index (χ1n) is 13.4. The Kier molecular flexibility index (Phi) is 9.34. The molecule has 2 aliphatic rings. The number of halogens is 4. The number of fused-ring (bicyclic) bond motifs is 1. The Morgan fingerprint density at radius 2 is 1.93 bits per heavy atom. The highest BCUT2D eigenvalue weighted by Crippen LogP contribution is 2.35. The quantitative estimate of drug-likeness (QED) is 0.393. The van der Waals surface area contributed by atoms with Crippen LogP contribution in [0.15, 0.2) is 30.7 Å². The van der Waals surface area contributed by atoms with E-state index < -0.39 is 24.0 Å². The molecule has 3 N–H and O–H groups in total. The lowest BCUT2D eigenvalue weighted by Gasteiger charge is -2.32. The maximum absolute atomic E-state index is 13.4. The van der Waals surface area contributed by atoms with Gasteiger partial charge in [0.2, 0.25) is 5.91 Å². The Morgan fingerprint density at radius 3 is 2.62 bits per heavy atom. The summed E-state index contributed by atoms with van der Waals surface area (Å²) in [7, 11) is 1.72. The SMILES string of the molecule is Cl.Cn1nccc1C(=O)N[C@H](c1cn2ncc(CNC(=O)C3NCCCC3C(F)(F)F)cc2n1)C1CCCCC1. The fourth-order valence-electron chi connectivity index (χ4n) is 5.71. The molecule has 0 spiro atoms. The number of aromatic nitrogens is 5. The van der Waals surface area contributed by atoms with Crippen molar-refractivity contribution in [1.82, 2.24) is 40.3 Å². The Morgan fingerprint density at radius 1 is 1.15 bits per heavy atom. The topological polar surface area (TPSA) is 118 Å². The molecule has 10 nitrogen and oxygen atoms in total. The lowest BCUT2D eigenvalue weighted by atomic mass is 9.82. The summed E-state index contributed by atoms with van der Waals surface area (Å²) in [5, 5.41) is 17.0. The molecule has 2 amide bonds. The van der Waals surface area contributed by atoms with E-state index in [2.05, 4.69) is 26.1 Å². The van der Waals surface area contributed by atoms with Crippen LogP contribution in [0.1, 0.15) is 72.7 Å². The molecule has 1 saturated heterocycles. The number of carbonyl (C=O) groups excluding carboxylic acids is 2. The molecule has 3 atom stereocenters. The molecular formula is C26H34ClF3N8O2. The molecule has 3 aromatic heterocycles. The predicted octanol–water partition coefficient (Wildman–Crippen LogP) is 3.48. The summed E-state index contributed by atoms with van der Waals surface area (Å²) in [6, 6.07) is 1.79. The molecule has 218 valence electrons. The molecule has 0 bridgehead atoms. The number of alkyl halides is 3. The van der Waals surface area contributed by atoms with Gasteiger partial charge in [-0.1, -0.05) is 19.3 Å². The molecule has 1 aliphatic carbocycles. The van der Waals surface area contributed by atoms with Crippen molar-refractivity contribution in [2.75, 3.05) is 6.54 Å². The average molecular weight is 583 g/mol. The number of carbonyl (C=O) groups is 2. The first kappa shape index (κ1) is 29.8. The van der Waals surface area contributed by atoms with Gasteiger partial charge in [0, 0.05) is 19.8 Å². The van der Waals surface area contributed by atoms with Crippen LogP contribution in [-0.2, 0) is 18.4 Å². The third-order valence-electron chi connectivity index (χ3n) is 7.80. The van der Waals surface area contributed by atoms with Crippen LogP contribution >= 0.6 is 12.4 Å². The van der Waals surface area contributed by atoms with Gasteiger partial charge in [-0.25, -0.2) is 9.50 Å². The smallest absolute Gasteiger partial charge is 0.351 e. The number of nitrogens with zero attached hydrogens (tertiary/aromatic N) is 5. The molecule has 5 rings (SSSR count). The highest BCUT2D eigenvalue weighted by Gasteiger charge is 2.48. The Labute approximate surface area is 235 Å². The molecule has 4 heterocycles. The standard InChI is InChI=1S/C26H33F3N8O2.ClH/c1-36-20(9-11-32-36)24(38)35-22(17-6-3-2-4-7-17)19-15-37-21(34-19)12-16(14-33-37)13-31-25(39)23-18(26(27,28)29)8-5-10-30-23;/h9,11-12,14-15,17-18,22-23,30H,2-8,10,13H2,1H3,(H,31,39)(H,35,38);1H/t18?,22-,23?;/m0./s1. The zero-order valence-electron chi connectivity index (χ0n) is 22.2. The van der Waals surface area contributed by atoms with E-state index in [9.17, 15) is 22.8 Å². The average Bonchev–Trinajstić information content (AvgIpc) is 3.56. The van der Waals surface area contributed by atoms with Gasteiger partial charge in [0.05, 0.1) is 36.1 Å². The summed E-state index contributed by atoms with van der Waals surface area (Å²) in [5.41, 5.74) is 2.28. The van der Waals surface area contributed by atoms with Crippen LogP contribution in [0.5, 0.6) is 0 Å². The summed E-state index contributed by atoms with van der Waals surface area (Å²) in [4.78, 5) is 30.4. The molecule has 0 radical (unpaired) electrons. The minimum Gasteiger partial charge on any atom is -0.351 e. The van der Waals surface area contributed by atoms with Crippen molar-refractivity contribution in [2.45, 2.75) is 69.8 Å². The van der Waals surface area contributed by atoms with Crippen LogP contribution in [0.25, 0.3) is 5.65 Å². The first-order valence-corrected chi connectivity index (χ1v) is 13.4. The number of amides is 2. The van der Waals surface area contributed by atoms with Gasteiger partial charge in [0.1, 0.15) is 5.69 Å². The van der Waals surface area contributed by atoms with Gasteiger partial charge in [-0.3, -0.25) is 14.3 Å². The number of rotatable bonds is 7. The van der Waals surface area contributed by atoms with Crippen LogP contribution in [-0.4, -0.2) is 55.0 Å². The van der Waals surface area contributed by atoms with E-state index in [0.29, 0.717) is 35.6 Å². The van der Waals surface area contributed by atoms with Crippen molar-refractivity contribution in [3.05, 3.63) is 47.7 Å². The number of aryl methyl sites for hydroxylation is 1. The monoisotopic (exact) mass is 582 g/mol. The van der Waals surface area contributed by atoms with Crippen molar-refractivity contribution in [2.24, 2.45) is 18.9 Å². The number of nitrogens with one attached hydrogen (secondary N) is 3. The van der Waals surface area contributed by atoms with Crippen LogP contribution in [0.2, 0.25) is 0 Å². The van der Waals surface area contributed by atoms with Gasteiger partial charge in [-0.15, -0.1) is 12.4 Å². The second kappa shape index (κ2) is 12.5. The molecule has 40 heavy (non-hydrogen) atoms. The minimum absolute atomic E-state index is 0. The molecule has 1 aliphatic heterocycles. The molecular weight excluding hydrogens is 549 g/mol. The zero-order chi connectivity index (χ0) is 27.6. The highest BCUT2D eigenvalue weighted by molar-refractivity contribution is 5.92. The van der Waals surface area contributed by atoms with Gasteiger partial charge in [0.25, 0.3) is 5.91 Å². The normalized spacial score (nSPS) is 21.0. The van der Waals surface area contributed by atoms with E-state index in [1.807, 2.05) is 0 Å². The van der Waals surface area contributed by atoms with Gasteiger partial charge in [0.15, 0.2) is 5.65 Å². The van der Waals surface area contributed by atoms with Crippen molar-refractivity contribution >= 4 is 29.9 Å². The van der Waals surface area contributed by atoms with E-state index in [0.717, 1.165) is 25.7 Å². The van der Waals surface area contributed by atoms with Crippen LogP contribution in [0.4, 0.5) is 13.2 Å². The molecule has 1 saturated carbocycles. The van der Waals surface area contributed by atoms with E-state index in [-0.39, 0.29) is 43.2 Å². The molecule has 14 heteroatoms. The minimum atomic E-state index is -4.44. The zero-order valence-corrected chi connectivity index (χ0v) is 23.0. The summed E-state index contributed by atoms with van der Waals surface area (Å²) in [6.07, 6.45) is 6.08. The molecule has 2 unspecified atom stereocenters. The molecule has 3 aromatic rings. The van der Waals surface area contributed by atoms with Crippen molar-refractivity contribution < 1.29 is 22.8 Å². The lowest BCUT2D eigenvalue weighted by molar-refractivity contribution is -0.190. The van der Waals surface area contributed by atoms with E-state index in [1.165, 1.54) is 11.1 Å². The van der Waals surface area contributed by atoms with Crippen molar-refractivity contribution in [3.8, 4) is 0 Å². The lowest BCUT2D eigenvalue weighted by Crippen LogP contribution is -2.55. The first-order chi connectivity index (χ1) is 18.7. The van der Waals surface area contributed by atoms with Gasteiger partial charge in [-0.2, -0.15) is 23.4 Å². The Bertz CT molecular complexity index is 1320. The summed E-state index contributed by atoms with van der Waals surface area (Å²) < 4.78 is 43.3. The number of imidazole rings is 1. The molecule has 2 fully saturated rings. The number of hydrogen-bond donors (Lipinski definition) is 3. The fourth-order valence-corrected chi connectivity index (χ4v) is 5.71. The van der Waals surface area contributed by atoms with Gasteiger partial charge in [-0.05, 0) is 55.8 Å². The summed E-state index contributed by atoms with van der Waals surface area (Å²) in [6.45, 7) is 0.394. The van der Waals surface area contributed by atoms with Crippen molar-refractivity contribution in [3.63, 3.8) is 0 Å². The molecule has 0 aromatic carbocycles. The Hall–Kier alpha value is -3.19. The fraction of sp³-hybridized carbons (Fsp3) is 0.577. The van der Waals surface area contributed by atoms with E-state index in [1.54, 1.807) is 42.3 Å². The highest BCUT2D eigenvalue weighted by atomic mass is 35.5.